The van der Waals surface area contributed by atoms with E-state index in [1.807, 2.05) is 32.3 Å². The molecule has 0 aliphatic heterocycles. The molecule has 0 saturated heterocycles. The molecule has 1 aromatic heterocycles. The van der Waals surface area contributed by atoms with E-state index in [2.05, 4.69) is 10.00 Å². The molecule has 174 valence electrons. The van der Waals surface area contributed by atoms with Crippen LogP contribution in [0.25, 0.3) is 11.3 Å². The first kappa shape index (κ1) is 24.3. The van der Waals surface area contributed by atoms with Crippen LogP contribution in [0.3, 0.4) is 0 Å². The maximum absolute atomic E-state index is 13.6. The van der Waals surface area contributed by atoms with Gasteiger partial charge in [-0.15, -0.1) is 0 Å². The molecule has 1 heterocycles. The Kier molecular flexibility index (Phi) is 8.43. The standard InChI is InChI=1S/C25H27F2N3O3/c1-29(2)12-3-4-13-33-25(32)15-18-6-5-7-19(14-18)17-30-24(31)11-10-23(28-30)20-8-9-21(26)22(27)16-20/h5-11,14,16H,3-4,12-13,15,17H2,1-2H3. The summed E-state index contributed by atoms with van der Waals surface area (Å²) >= 11 is 0. The average Bonchev–Trinajstić information content (AvgIpc) is 2.77. The van der Waals surface area contributed by atoms with E-state index in [1.54, 1.807) is 6.07 Å². The van der Waals surface area contributed by atoms with Gasteiger partial charge in [-0.25, -0.2) is 13.5 Å². The van der Waals surface area contributed by atoms with Gasteiger partial charge in [-0.1, -0.05) is 24.3 Å². The third kappa shape index (κ3) is 7.32. The number of rotatable bonds is 10. The number of aromatic nitrogens is 2. The molecule has 0 fully saturated rings. The maximum Gasteiger partial charge on any atom is 0.310 e. The van der Waals surface area contributed by atoms with Gasteiger partial charge in [0.25, 0.3) is 5.56 Å². The molecule has 33 heavy (non-hydrogen) atoms. The second-order valence-electron chi connectivity index (χ2n) is 8.07. The fourth-order valence-electron chi connectivity index (χ4n) is 3.32. The number of hydrogen-bond acceptors (Lipinski definition) is 5. The monoisotopic (exact) mass is 455 g/mol. The first-order chi connectivity index (χ1) is 15.8. The van der Waals surface area contributed by atoms with Gasteiger partial charge in [0.15, 0.2) is 11.6 Å². The Bertz CT molecular complexity index is 1160. The summed E-state index contributed by atoms with van der Waals surface area (Å²) in [7, 11) is 4.00. The van der Waals surface area contributed by atoms with Crippen molar-refractivity contribution in [1.82, 2.24) is 14.7 Å². The fraction of sp³-hybridized carbons (Fsp3) is 0.320. The predicted molar refractivity (Wildman–Crippen MR) is 122 cm³/mol. The van der Waals surface area contributed by atoms with Crippen LogP contribution >= 0.6 is 0 Å². The number of hydrogen-bond donors (Lipinski definition) is 0. The second kappa shape index (κ2) is 11.5. The van der Waals surface area contributed by atoms with E-state index < -0.39 is 11.6 Å². The van der Waals surface area contributed by atoms with Crippen LogP contribution < -0.4 is 5.56 Å². The van der Waals surface area contributed by atoms with Gasteiger partial charge in [-0.05, 0) is 68.9 Å². The van der Waals surface area contributed by atoms with Crippen molar-refractivity contribution in [1.29, 1.82) is 0 Å². The van der Waals surface area contributed by atoms with Crippen LogP contribution in [0.4, 0.5) is 8.78 Å². The summed E-state index contributed by atoms with van der Waals surface area (Å²) in [6.45, 7) is 1.51. The zero-order valence-corrected chi connectivity index (χ0v) is 18.8. The van der Waals surface area contributed by atoms with E-state index in [1.165, 1.54) is 22.9 Å². The average molecular weight is 456 g/mol. The SMILES string of the molecule is CN(C)CCCCOC(=O)Cc1cccc(Cn2nc(-c3ccc(F)c(F)c3)ccc2=O)c1. The molecule has 3 aromatic rings. The highest BCUT2D eigenvalue weighted by atomic mass is 19.2. The number of unbranched alkanes of at least 4 members (excludes halogenated alkanes) is 1. The molecular formula is C25H27F2N3O3. The molecule has 0 unspecified atom stereocenters. The number of benzene rings is 2. The lowest BCUT2D eigenvalue weighted by atomic mass is 10.1. The minimum atomic E-state index is -0.982. The van der Waals surface area contributed by atoms with Crippen molar-refractivity contribution >= 4 is 5.97 Å². The van der Waals surface area contributed by atoms with Gasteiger partial charge < -0.3 is 9.64 Å². The van der Waals surface area contributed by atoms with Gasteiger partial charge in [0, 0.05) is 11.6 Å². The van der Waals surface area contributed by atoms with Gasteiger partial charge in [0.2, 0.25) is 0 Å². The van der Waals surface area contributed by atoms with Crippen LogP contribution in [0.5, 0.6) is 0 Å². The summed E-state index contributed by atoms with van der Waals surface area (Å²) in [4.78, 5) is 26.5. The molecular weight excluding hydrogens is 428 g/mol. The first-order valence-electron chi connectivity index (χ1n) is 10.7. The van der Waals surface area contributed by atoms with Gasteiger partial charge in [0.1, 0.15) is 0 Å². The van der Waals surface area contributed by atoms with E-state index in [0.29, 0.717) is 17.9 Å². The topological polar surface area (TPSA) is 64.4 Å². The normalized spacial score (nSPS) is 11.1. The summed E-state index contributed by atoms with van der Waals surface area (Å²) in [6, 6.07) is 13.6. The largest absolute Gasteiger partial charge is 0.465 e. The summed E-state index contributed by atoms with van der Waals surface area (Å²) in [5, 5.41) is 4.29. The van der Waals surface area contributed by atoms with Crippen molar-refractivity contribution in [2.24, 2.45) is 0 Å². The van der Waals surface area contributed by atoms with E-state index in [4.69, 9.17) is 4.74 Å². The molecule has 0 N–H and O–H groups in total. The molecule has 6 nitrogen and oxygen atoms in total. The highest BCUT2D eigenvalue weighted by Gasteiger charge is 2.10. The summed E-state index contributed by atoms with van der Waals surface area (Å²) in [6.07, 6.45) is 1.91. The maximum atomic E-state index is 13.6. The number of esters is 1. The molecule has 0 radical (unpaired) electrons. The predicted octanol–water partition coefficient (Wildman–Crippen LogP) is 3.66. The van der Waals surface area contributed by atoms with Crippen LogP contribution in [0.15, 0.2) is 59.4 Å². The highest BCUT2D eigenvalue weighted by molar-refractivity contribution is 5.72. The van der Waals surface area contributed by atoms with Gasteiger partial charge in [0.05, 0.1) is 25.3 Å². The Labute approximate surface area is 191 Å². The Balaban J connectivity index is 1.64. The van der Waals surface area contributed by atoms with Gasteiger partial charge >= 0.3 is 5.97 Å². The van der Waals surface area contributed by atoms with Crippen molar-refractivity contribution < 1.29 is 18.3 Å². The van der Waals surface area contributed by atoms with Crippen molar-refractivity contribution in [3.05, 3.63) is 87.7 Å². The summed E-state index contributed by atoms with van der Waals surface area (Å²) < 4.78 is 33.4. The molecule has 3 rings (SSSR count). The van der Waals surface area contributed by atoms with Crippen LogP contribution in [0.2, 0.25) is 0 Å². The molecule has 0 bridgehead atoms. The Hall–Kier alpha value is -3.39. The third-order valence-corrected chi connectivity index (χ3v) is 5.02. The van der Waals surface area contributed by atoms with Crippen molar-refractivity contribution in [3.8, 4) is 11.3 Å². The lowest BCUT2D eigenvalue weighted by Crippen LogP contribution is -2.23. The zero-order valence-electron chi connectivity index (χ0n) is 18.8. The Morgan fingerprint density at radius 2 is 1.79 bits per heavy atom. The molecule has 0 saturated carbocycles. The fourth-order valence-corrected chi connectivity index (χ4v) is 3.32. The lowest BCUT2D eigenvalue weighted by molar-refractivity contribution is -0.142. The molecule has 0 atom stereocenters. The summed E-state index contributed by atoms with van der Waals surface area (Å²) in [5.74, 6) is -2.23. The van der Waals surface area contributed by atoms with E-state index >= 15 is 0 Å². The molecule has 0 amide bonds. The Morgan fingerprint density at radius 3 is 2.55 bits per heavy atom. The molecule has 2 aromatic carbocycles. The molecule has 0 aliphatic carbocycles. The molecule has 8 heteroatoms. The highest BCUT2D eigenvalue weighted by Crippen LogP contribution is 2.18. The smallest absolute Gasteiger partial charge is 0.310 e. The molecule has 0 aliphatic rings. The number of ether oxygens (including phenoxy) is 1. The summed E-state index contributed by atoms with van der Waals surface area (Å²) in [5.41, 5.74) is 1.94. The Morgan fingerprint density at radius 1 is 1.00 bits per heavy atom. The van der Waals surface area contributed by atoms with Crippen molar-refractivity contribution in [2.45, 2.75) is 25.8 Å². The lowest BCUT2D eigenvalue weighted by Gasteiger charge is -2.10. The third-order valence-electron chi connectivity index (χ3n) is 5.02. The van der Waals surface area contributed by atoms with E-state index in [0.717, 1.165) is 42.6 Å². The minimum absolute atomic E-state index is 0.138. The number of halogens is 2. The van der Waals surface area contributed by atoms with Crippen LogP contribution in [-0.2, 0) is 22.5 Å². The number of carbonyl (C=O) groups excluding carboxylic acids is 1. The van der Waals surface area contributed by atoms with Crippen LogP contribution in [-0.4, -0.2) is 47.9 Å². The number of carbonyl (C=O) groups is 1. The first-order valence-corrected chi connectivity index (χ1v) is 10.7. The van der Waals surface area contributed by atoms with Gasteiger partial charge in [-0.2, -0.15) is 5.10 Å². The molecule has 0 spiro atoms. The zero-order chi connectivity index (χ0) is 23.8. The van der Waals surface area contributed by atoms with Crippen LogP contribution in [0.1, 0.15) is 24.0 Å². The minimum Gasteiger partial charge on any atom is -0.465 e. The van der Waals surface area contributed by atoms with Crippen molar-refractivity contribution in [3.63, 3.8) is 0 Å². The van der Waals surface area contributed by atoms with E-state index in [-0.39, 0.29) is 24.5 Å². The second-order valence-corrected chi connectivity index (χ2v) is 8.07. The van der Waals surface area contributed by atoms with Crippen LogP contribution in [0, 0.1) is 11.6 Å². The van der Waals surface area contributed by atoms with Crippen molar-refractivity contribution in [2.75, 3.05) is 27.2 Å². The quantitative estimate of drug-likeness (QED) is 0.345. The van der Waals surface area contributed by atoms with E-state index in [9.17, 15) is 18.4 Å². The number of nitrogens with zero attached hydrogens (tertiary/aromatic N) is 3. The van der Waals surface area contributed by atoms with Gasteiger partial charge in [-0.3, -0.25) is 9.59 Å².